The number of rotatable bonds is 3. The molecule has 0 saturated carbocycles. The van der Waals surface area contributed by atoms with Crippen LogP contribution in [0.25, 0.3) is 0 Å². The lowest BCUT2D eigenvalue weighted by Gasteiger charge is -2.32. The van der Waals surface area contributed by atoms with Crippen LogP contribution < -0.4 is 10.6 Å². The van der Waals surface area contributed by atoms with E-state index in [1.165, 1.54) is 23.5 Å². The van der Waals surface area contributed by atoms with E-state index in [0.29, 0.717) is 0 Å². The summed E-state index contributed by atoms with van der Waals surface area (Å²) >= 11 is 19.6. The number of hydrogen-bond acceptors (Lipinski definition) is 4. The summed E-state index contributed by atoms with van der Waals surface area (Å²) in [6.07, 6.45) is -4.86. The van der Waals surface area contributed by atoms with Gasteiger partial charge in [0, 0.05) is 11.3 Å². The number of anilines is 2. The molecule has 0 spiro atoms. The van der Waals surface area contributed by atoms with Crippen molar-refractivity contribution in [2.24, 2.45) is 0 Å². The Morgan fingerprint density at radius 3 is 2.63 bits per heavy atom. The van der Waals surface area contributed by atoms with Crippen LogP contribution in [0, 0.1) is 0 Å². The largest absolute Gasteiger partial charge is 0.410 e. The van der Waals surface area contributed by atoms with Gasteiger partial charge in [0.25, 0.3) is 5.91 Å². The molecule has 2 atom stereocenters. The van der Waals surface area contributed by atoms with Crippen LogP contribution in [0.15, 0.2) is 35.7 Å². The quantitative estimate of drug-likeness (QED) is 0.419. The molecule has 1 aromatic carbocycles. The lowest BCUT2D eigenvalue weighted by atomic mass is 10.0. The highest BCUT2D eigenvalue weighted by atomic mass is 35.5. The topological polar surface area (TPSA) is 59.0 Å². The molecule has 0 radical (unpaired) electrons. The Morgan fingerprint density at radius 2 is 1.97 bits per heavy atom. The summed E-state index contributed by atoms with van der Waals surface area (Å²) < 4.78 is 42.0. The van der Waals surface area contributed by atoms with Gasteiger partial charge in [-0.2, -0.15) is 18.3 Å². The van der Waals surface area contributed by atoms with Crippen molar-refractivity contribution < 1.29 is 18.0 Å². The third-order valence-electron chi connectivity index (χ3n) is 4.60. The SMILES string of the molecule is O=C(Nc1cccc(Cl)c1Cl)c1nn2c(c1Cl)N[C@@H](c1cccs1)C[C@@H]2C(F)(F)F. The lowest BCUT2D eigenvalue weighted by molar-refractivity contribution is -0.173. The molecule has 3 aromatic rings. The molecular weight excluding hydrogens is 484 g/mol. The normalized spacial score (nSPS) is 18.6. The summed E-state index contributed by atoms with van der Waals surface area (Å²) in [5.41, 5.74) is -0.163. The van der Waals surface area contributed by atoms with E-state index in [4.69, 9.17) is 34.8 Å². The number of halogens is 6. The summed E-state index contributed by atoms with van der Waals surface area (Å²) in [6.45, 7) is 0. The van der Waals surface area contributed by atoms with Crippen LogP contribution in [-0.4, -0.2) is 21.9 Å². The first kappa shape index (κ1) is 21.3. The van der Waals surface area contributed by atoms with E-state index in [1.807, 2.05) is 0 Å². The third-order valence-corrected chi connectivity index (χ3v) is 6.76. The lowest BCUT2D eigenvalue weighted by Crippen LogP contribution is -2.35. The zero-order valence-corrected chi connectivity index (χ0v) is 17.9. The molecule has 0 bridgehead atoms. The van der Waals surface area contributed by atoms with Crippen LogP contribution in [0.1, 0.15) is 33.9 Å². The fourth-order valence-corrected chi connectivity index (χ4v) is 4.60. The highest BCUT2D eigenvalue weighted by molar-refractivity contribution is 7.10. The van der Waals surface area contributed by atoms with Gasteiger partial charge in [0.2, 0.25) is 0 Å². The van der Waals surface area contributed by atoms with Gasteiger partial charge in [-0.05, 0) is 23.6 Å². The average Bonchev–Trinajstić information content (AvgIpc) is 3.32. The molecule has 5 nitrogen and oxygen atoms in total. The van der Waals surface area contributed by atoms with Gasteiger partial charge in [0.1, 0.15) is 10.8 Å². The van der Waals surface area contributed by atoms with Crippen LogP contribution in [0.5, 0.6) is 0 Å². The fourth-order valence-electron chi connectivity index (χ4n) is 3.19. The molecule has 0 saturated heterocycles. The Labute approximate surface area is 187 Å². The van der Waals surface area contributed by atoms with Crippen molar-refractivity contribution in [2.45, 2.75) is 24.7 Å². The number of alkyl halides is 3. The van der Waals surface area contributed by atoms with Gasteiger partial charge in [0.15, 0.2) is 11.7 Å². The molecule has 4 rings (SSSR count). The molecule has 2 N–H and O–H groups in total. The minimum Gasteiger partial charge on any atom is -0.361 e. The van der Waals surface area contributed by atoms with Crippen molar-refractivity contribution in [2.75, 3.05) is 10.6 Å². The van der Waals surface area contributed by atoms with Gasteiger partial charge in [0.05, 0.1) is 21.8 Å². The van der Waals surface area contributed by atoms with Gasteiger partial charge in [-0.3, -0.25) is 4.79 Å². The van der Waals surface area contributed by atoms with Crippen molar-refractivity contribution in [3.8, 4) is 0 Å². The maximum atomic E-state index is 13.8. The number of benzene rings is 1. The molecule has 0 aliphatic carbocycles. The molecule has 2 aromatic heterocycles. The second-order valence-electron chi connectivity index (χ2n) is 6.52. The smallest absolute Gasteiger partial charge is 0.361 e. The standard InChI is InChI=1S/C18H12Cl3F3N4OS/c19-8-3-1-4-9(13(8)20)26-17(29)15-14(21)16-25-10(11-5-2-6-30-11)7-12(18(22,23)24)28(16)27-15/h1-6,10,12,25H,7H2,(H,26,29)/t10-,12-/m1/s1. The van der Waals surface area contributed by atoms with E-state index in [0.717, 1.165) is 9.56 Å². The first-order valence-corrected chi connectivity index (χ1v) is 10.6. The van der Waals surface area contributed by atoms with E-state index in [9.17, 15) is 18.0 Å². The van der Waals surface area contributed by atoms with Crippen LogP contribution in [-0.2, 0) is 0 Å². The minimum absolute atomic E-state index is 0.0639. The predicted octanol–water partition coefficient (Wildman–Crippen LogP) is 6.82. The maximum absolute atomic E-state index is 13.8. The number of nitrogens with zero attached hydrogens (tertiary/aromatic N) is 2. The van der Waals surface area contributed by atoms with E-state index in [2.05, 4.69) is 15.7 Å². The molecule has 1 aliphatic rings. The highest BCUT2D eigenvalue weighted by Gasteiger charge is 2.48. The van der Waals surface area contributed by atoms with Crippen molar-refractivity contribution in [1.29, 1.82) is 0 Å². The van der Waals surface area contributed by atoms with Gasteiger partial charge >= 0.3 is 6.18 Å². The van der Waals surface area contributed by atoms with E-state index >= 15 is 0 Å². The molecule has 1 amide bonds. The van der Waals surface area contributed by atoms with Crippen LogP contribution >= 0.6 is 46.1 Å². The molecule has 12 heteroatoms. The number of carbonyl (C=O) groups excluding carboxylic acids is 1. The van der Waals surface area contributed by atoms with E-state index < -0.39 is 24.2 Å². The van der Waals surface area contributed by atoms with Gasteiger partial charge in [-0.15, -0.1) is 11.3 Å². The first-order chi connectivity index (χ1) is 14.2. The molecule has 1 aliphatic heterocycles. The number of thiophene rings is 1. The summed E-state index contributed by atoms with van der Waals surface area (Å²) in [4.78, 5) is 13.4. The summed E-state index contributed by atoms with van der Waals surface area (Å²) in [5.74, 6) is -0.868. The van der Waals surface area contributed by atoms with Gasteiger partial charge < -0.3 is 10.6 Å². The minimum atomic E-state index is -4.58. The zero-order valence-electron chi connectivity index (χ0n) is 14.8. The molecular formula is C18H12Cl3F3N4OS. The molecule has 30 heavy (non-hydrogen) atoms. The second kappa shape index (κ2) is 7.96. The Balaban J connectivity index is 1.71. The monoisotopic (exact) mass is 494 g/mol. The Bertz CT molecular complexity index is 1100. The van der Waals surface area contributed by atoms with Crippen LogP contribution in [0.4, 0.5) is 24.7 Å². The highest BCUT2D eigenvalue weighted by Crippen LogP contribution is 2.47. The predicted molar refractivity (Wildman–Crippen MR) is 112 cm³/mol. The number of hydrogen-bond donors (Lipinski definition) is 2. The summed E-state index contributed by atoms with van der Waals surface area (Å²) in [5, 5.41) is 11.2. The number of amides is 1. The summed E-state index contributed by atoms with van der Waals surface area (Å²) in [6, 6.07) is 5.54. The summed E-state index contributed by atoms with van der Waals surface area (Å²) in [7, 11) is 0. The average molecular weight is 496 g/mol. The van der Waals surface area contributed by atoms with E-state index in [1.54, 1.807) is 23.6 Å². The Hall–Kier alpha value is -1.94. The van der Waals surface area contributed by atoms with E-state index in [-0.39, 0.29) is 38.7 Å². The Kier molecular flexibility index (Phi) is 5.65. The molecule has 158 valence electrons. The van der Waals surface area contributed by atoms with Gasteiger partial charge in [-0.25, -0.2) is 4.68 Å². The fraction of sp³-hybridized carbons (Fsp3) is 0.222. The number of aromatic nitrogens is 2. The maximum Gasteiger partial charge on any atom is 0.410 e. The van der Waals surface area contributed by atoms with Crippen LogP contribution in [0.2, 0.25) is 15.1 Å². The molecule has 3 heterocycles. The van der Waals surface area contributed by atoms with Gasteiger partial charge in [-0.1, -0.05) is 46.9 Å². The first-order valence-electron chi connectivity index (χ1n) is 8.57. The van der Waals surface area contributed by atoms with Crippen molar-refractivity contribution in [1.82, 2.24) is 9.78 Å². The van der Waals surface area contributed by atoms with Crippen molar-refractivity contribution in [3.05, 3.63) is 61.4 Å². The number of nitrogens with one attached hydrogen (secondary N) is 2. The number of fused-ring (bicyclic) bond motifs is 1. The number of carbonyl (C=O) groups is 1. The molecule has 0 unspecified atom stereocenters. The molecule has 0 fully saturated rings. The zero-order chi connectivity index (χ0) is 21.6. The van der Waals surface area contributed by atoms with Crippen molar-refractivity contribution >= 4 is 63.6 Å². The third kappa shape index (κ3) is 3.87. The second-order valence-corrected chi connectivity index (χ2v) is 8.66. The Morgan fingerprint density at radius 1 is 1.20 bits per heavy atom. The van der Waals surface area contributed by atoms with Crippen LogP contribution in [0.3, 0.4) is 0 Å². The van der Waals surface area contributed by atoms with Crippen molar-refractivity contribution in [3.63, 3.8) is 0 Å².